The summed E-state index contributed by atoms with van der Waals surface area (Å²) in [5.74, 6) is -1.49. The van der Waals surface area contributed by atoms with Crippen molar-refractivity contribution in [2.45, 2.75) is 42.6 Å². The molecule has 2 bridgehead atoms. The van der Waals surface area contributed by atoms with Crippen molar-refractivity contribution in [2.24, 2.45) is 5.92 Å². The van der Waals surface area contributed by atoms with E-state index in [1.54, 1.807) is 0 Å². The minimum Gasteiger partial charge on any atom is -0.294 e. The molecule has 0 amide bonds. The molecule has 0 saturated carbocycles. The molecular weight excluding hydrogens is 266 g/mol. The molecule has 4 heteroatoms. The quantitative estimate of drug-likeness (QED) is 0.756. The molecule has 0 radical (unpaired) electrons. The zero-order valence-corrected chi connectivity index (χ0v) is 11.4. The van der Waals surface area contributed by atoms with Crippen molar-refractivity contribution in [2.75, 3.05) is 0 Å². The number of carbonyl (C=O) groups is 1. The third kappa shape index (κ3) is 2.83. The zero-order valence-electron chi connectivity index (χ0n) is 10.6. The Labute approximate surface area is 115 Å². The van der Waals surface area contributed by atoms with Crippen molar-refractivity contribution < 1.29 is 13.6 Å². The lowest BCUT2D eigenvalue weighted by Crippen LogP contribution is -2.33. The summed E-state index contributed by atoms with van der Waals surface area (Å²) in [5, 5.41) is 1.11. The van der Waals surface area contributed by atoms with Crippen molar-refractivity contribution in [1.82, 2.24) is 0 Å². The van der Waals surface area contributed by atoms with Gasteiger partial charge in [0.25, 0.3) is 0 Å². The summed E-state index contributed by atoms with van der Waals surface area (Å²) in [6, 6.07) is 3.12. The van der Waals surface area contributed by atoms with E-state index in [0.29, 0.717) is 10.5 Å². The standard InChI is InChI=1S/C15H16F2OS/c16-11-4-9(5-12(17)8-11)15(18)10-6-13-2-1-3-14(7-10)19-13/h4-5,8,10,13-14H,1-3,6-7H2. The van der Waals surface area contributed by atoms with E-state index in [1.165, 1.54) is 19.3 Å². The second kappa shape index (κ2) is 5.23. The highest BCUT2D eigenvalue weighted by molar-refractivity contribution is 8.00. The first-order valence-electron chi connectivity index (χ1n) is 6.77. The van der Waals surface area contributed by atoms with Crippen molar-refractivity contribution >= 4 is 17.5 Å². The largest absolute Gasteiger partial charge is 0.294 e. The van der Waals surface area contributed by atoms with Gasteiger partial charge in [-0.25, -0.2) is 8.78 Å². The molecule has 1 nitrogen and oxygen atoms in total. The first-order valence-corrected chi connectivity index (χ1v) is 7.72. The molecule has 2 fully saturated rings. The summed E-state index contributed by atoms with van der Waals surface area (Å²) in [4.78, 5) is 12.4. The highest BCUT2D eigenvalue weighted by Gasteiger charge is 2.36. The lowest BCUT2D eigenvalue weighted by atomic mass is 9.84. The highest BCUT2D eigenvalue weighted by atomic mass is 32.2. The van der Waals surface area contributed by atoms with Gasteiger partial charge in [0.15, 0.2) is 5.78 Å². The van der Waals surface area contributed by atoms with Crippen LogP contribution in [0.2, 0.25) is 0 Å². The topological polar surface area (TPSA) is 17.1 Å². The number of halogens is 2. The summed E-state index contributed by atoms with van der Waals surface area (Å²) in [6.45, 7) is 0. The monoisotopic (exact) mass is 282 g/mol. The van der Waals surface area contributed by atoms with Crippen LogP contribution in [0, 0.1) is 17.6 Å². The Balaban J connectivity index is 1.79. The molecular formula is C15H16F2OS. The number of Topliss-reactive ketones (excluding diaryl/α,β-unsaturated/α-hetero) is 1. The molecule has 2 unspecified atom stereocenters. The normalized spacial score (nSPS) is 30.1. The fourth-order valence-electron chi connectivity index (χ4n) is 3.21. The van der Waals surface area contributed by atoms with Gasteiger partial charge >= 0.3 is 0 Å². The number of fused-ring (bicyclic) bond motifs is 2. The first kappa shape index (κ1) is 13.1. The average Bonchev–Trinajstić information content (AvgIpc) is 2.36. The Morgan fingerprint density at radius 1 is 1.05 bits per heavy atom. The van der Waals surface area contributed by atoms with Crippen LogP contribution in [0.5, 0.6) is 0 Å². The van der Waals surface area contributed by atoms with Crippen molar-refractivity contribution in [3.63, 3.8) is 0 Å². The molecule has 1 aromatic carbocycles. The summed E-state index contributed by atoms with van der Waals surface area (Å²) in [5.41, 5.74) is 0.187. The third-order valence-electron chi connectivity index (χ3n) is 4.05. The van der Waals surface area contributed by atoms with E-state index < -0.39 is 11.6 Å². The van der Waals surface area contributed by atoms with Crippen LogP contribution < -0.4 is 0 Å². The maximum Gasteiger partial charge on any atom is 0.166 e. The van der Waals surface area contributed by atoms with Gasteiger partial charge in [0.05, 0.1) is 0 Å². The lowest BCUT2D eigenvalue weighted by Gasteiger charge is -2.37. The summed E-state index contributed by atoms with van der Waals surface area (Å²) >= 11 is 2.00. The highest BCUT2D eigenvalue weighted by Crippen LogP contribution is 2.44. The van der Waals surface area contributed by atoms with E-state index in [1.807, 2.05) is 11.8 Å². The predicted molar refractivity (Wildman–Crippen MR) is 72.4 cm³/mol. The minimum absolute atomic E-state index is 0.0576. The number of benzene rings is 1. The summed E-state index contributed by atoms with van der Waals surface area (Å²) in [6.07, 6.45) is 5.30. The van der Waals surface area contributed by atoms with Crippen LogP contribution in [-0.4, -0.2) is 16.3 Å². The Morgan fingerprint density at radius 3 is 2.21 bits per heavy atom. The Bertz CT molecular complexity index is 471. The van der Waals surface area contributed by atoms with Crippen molar-refractivity contribution in [3.05, 3.63) is 35.4 Å². The molecule has 2 saturated heterocycles. The molecule has 2 atom stereocenters. The first-order chi connectivity index (χ1) is 9.11. The second-order valence-electron chi connectivity index (χ2n) is 5.50. The van der Waals surface area contributed by atoms with E-state index in [-0.39, 0.29) is 17.3 Å². The number of rotatable bonds is 2. The van der Waals surface area contributed by atoms with Crippen LogP contribution in [-0.2, 0) is 0 Å². The van der Waals surface area contributed by atoms with E-state index in [4.69, 9.17) is 0 Å². The van der Waals surface area contributed by atoms with Gasteiger partial charge in [-0.3, -0.25) is 4.79 Å². The van der Waals surface area contributed by atoms with Gasteiger partial charge in [0, 0.05) is 28.0 Å². The van der Waals surface area contributed by atoms with Gasteiger partial charge in [-0.05, 0) is 37.8 Å². The van der Waals surface area contributed by atoms with Gasteiger partial charge in [0.2, 0.25) is 0 Å². The number of hydrogen-bond acceptors (Lipinski definition) is 2. The van der Waals surface area contributed by atoms with Crippen LogP contribution in [0.25, 0.3) is 0 Å². The Kier molecular flexibility index (Phi) is 3.61. The Hall–Kier alpha value is -0.900. The molecule has 19 heavy (non-hydrogen) atoms. The van der Waals surface area contributed by atoms with Gasteiger partial charge in [0.1, 0.15) is 11.6 Å². The van der Waals surface area contributed by atoms with Crippen molar-refractivity contribution in [3.8, 4) is 0 Å². The van der Waals surface area contributed by atoms with E-state index >= 15 is 0 Å². The molecule has 2 heterocycles. The average molecular weight is 282 g/mol. The molecule has 0 aliphatic carbocycles. The number of ketones is 1. The third-order valence-corrected chi connectivity index (χ3v) is 5.68. The number of carbonyl (C=O) groups excluding carboxylic acids is 1. The smallest absolute Gasteiger partial charge is 0.166 e. The van der Waals surface area contributed by atoms with Crippen LogP contribution in [0.15, 0.2) is 18.2 Å². The lowest BCUT2D eigenvalue weighted by molar-refractivity contribution is 0.0895. The minimum atomic E-state index is -0.672. The molecule has 0 aromatic heterocycles. The molecule has 0 N–H and O–H groups in total. The van der Waals surface area contributed by atoms with Crippen LogP contribution in [0.1, 0.15) is 42.5 Å². The fourth-order valence-corrected chi connectivity index (χ4v) is 5.04. The number of hydrogen-bond donors (Lipinski definition) is 0. The van der Waals surface area contributed by atoms with Gasteiger partial charge < -0.3 is 0 Å². The van der Waals surface area contributed by atoms with Gasteiger partial charge in [-0.2, -0.15) is 11.8 Å². The van der Waals surface area contributed by atoms with Gasteiger partial charge in [-0.15, -0.1) is 0 Å². The molecule has 1 aromatic rings. The van der Waals surface area contributed by atoms with Crippen LogP contribution >= 0.6 is 11.8 Å². The molecule has 2 aliphatic rings. The molecule has 2 aliphatic heterocycles. The Morgan fingerprint density at radius 2 is 1.63 bits per heavy atom. The number of thioether (sulfide) groups is 1. The fraction of sp³-hybridized carbons (Fsp3) is 0.533. The maximum atomic E-state index is 13.2. The van der Waals surface area contributed by atoms with Gasteiger partial charge in [-0.1, -0.05) is 6.42 Å². The zero-order chi connectivity index (χ0) is 13.4. The molecule has 3 rings (SSSR count). The maximum absolute atomic E-state index is 13.2. The molecule has 0 spiro atoms. The predicted octanol–water partition coefficient (Wildman–Crippen LogP) is 4.21. The van der Waals surface area contributed by atoms with E-state index in [2.05, 4.69) is 0 Å². The van der Waals surface area contributed by atoms with Crippen LogP contribution in [0.3, 0.4) is 0 Å². The van der Waals surface area contributed by atoms with Crippen molar-refractivity contribution in [1.29, 1.82) is 0 Å². The molecule has 102 valence electrons. The second-order valence-corrected chi connectivity index (χ2v) is 7.11. The summed E-state index contributed by atoms with van der Waals surface area (Å²) in [7, 11) is 0. The van der Waals surface area contributed by atoms with Crippen LogP contribution in [0.4, 0.5) is 8.78 Å². The summed E-state index contributed by atoms with van der Waals surface area (Å²) < 4.78 is 26.4. The SMILES string of the molecule is O=C(c1cc(F)cc(F)c1)C1CC2CCCC(C1)S2. The van der Waals surface area contributed by atoms with E-state index in [9.17, 15) is 13.6 Å². The van der Waals surface area contributed by atoms with E-state index in [0.717, 1.165) is 31.0 Å².